The summed E-state index contributed by atoms with van der Waals surface area (Å²) in [6, 6.07) is 3.54. The van der Waals surface area contributed by atoms with Crippen LogP contribution in [-0.4, -0.2) is 11.9 Å². The van der Waals surface area contributed by atoms with Crippen molar-refractivity contribution in [1.82, 2.24) is 0 Å². The van der Waals surface area contributed by atoms with E-state index in [9.17, 15) is 9.18 Å². The standard InChI is InChI=1S/C17H25FN2O/c1-4-11(3)8-13(5-2)19-16-10-15-12(9-14(16)18)6-7-17(21)20-15/h9-11,13,19H,4-8H2,1-3H3,(H,20,21). The van der Waals surface area contributed by atoms with Crippen molar-refractivity contribution in [3.8, 4) is 0 Å². The van der Waals surface area contributed by atoms with Gasteiger partial charge in [0.2, 0.25) is 5.91 Å². The Kier molecular flexibility index (Phi) is 5.21. The maximum atomic E-state index is 14.2. The fourth-order valence-electron chi connectivity index (χ4n) is 2.71. The number of carbonyl (C=O) groups excluding carboxylic acids is 1. The second kappa shape index (κ2) is 6.92. The average molecular weight is 292 g/mol. The molecule has 0 fully saturated rings. The predicted octanol–water partition coefficient (Wildman–Crippen LogP) is 4.34. The highest BCUT2D eigenvalue weighted by Crippen LogP contribution is 2.29. The molecule has 1 aliphatic rings. The molecule has 21 heavy (non-hydrogen) atoms. The lowest BCUT2D eigenvalue weighted by Crippen LogP contribution is -2.23. The quantitative estimate of drug-likeness (QED) is 0.819. The van der Waals surface area contributed by atoms with E-state index in [1.165, 1.54) is 0 Å². The third-order valence-corrected chi connectivity index (χ3v) is 4.32. The summed E-state index contributed by atoms with van der Waals surface area (Å²) in [4.78, 5) is 11.5. The molecule has 0 radical (unpaired) electrons. The van der Waals surface area contributed by atoms with E-state index in [0.29, 0.717) is 24.4 Å². The molecular formula is C17H25FN2O. The lowest BCUT2D eigenvalue weighted by molar-refractivity contribution is -0.116. The Labute approximate surface area is 126 Å². The SMILES string of the molecule is CCC(C)CC(CC)Nc1cc2c(cc1F)CCC(=O)N2. The molecule has 1 aromatic carbocycles. The molecule has 2 atom stereocenters. The summed E-state index contributed by atoms with van der Waals surface area (Å²) >= 11 is 0. The normalized spacial score (nSPS) is 16.9. The summed E-state index contributed by atoms with van der Waals surface area (Å²) in [5.74, 6) is 0.391. The van der Waals surface area contributed by atoms with Crippen molar-refractivity contribution >= 4 is 17.3 Å². The van der Waals surface area contributed by atoms with Gasteiger partial charge in [-0.25, -0.2) is 4.39 Å². The molecule has 1 heterocycles. The number of carbonyl (C=O) groups is 1. The monoisotopic (exact) mass is 292 g/mol. The third kappa shape index (κ3) is 3.96. The number of rotatable bonds is 6. The van der Waals surface area contributed by atoms with Crippen molar-refractivity contribution in [2.24, 2.45) is 5.92 Å². The molecule has 0 saturated heterocycles. The Hall–Kier alpha value is -1.58. The molecule has 2 rings (SSSR count). The van der Waals surface area contributed by atoms with E-state index < -0.39 is 0 Å². The van der Waals surface area contributed by atoms with Crippen molar-refractivity contribution in [3.63, 3.8) is 0 Å². The molecule has 3 nitrogen and oxygen atoms in total. The molecule has 0 bridgehead atoms. The second-order valence-electron chi connectivity index (χ2n) is 6.04. The van der Waals surface area contributed by atoms with E-state index in [0.717, 1.165) is 30.5 Å². The van der Waals surface area contributed by atoms with Gasteiger partial charge in [0.15, 0.2) is 0 Å². The van der Waals surface area contributed by atoms with Crippen LogP contribution in [-0.2, 0) is 11.2 Å². The van der Waals surface area contributed by atoms with Crippen molar-refractivity contribution in [3.05, 3.63) is 23.5 Å². The van der Waals surface area contributed by atoms with Gasteiger partial charge in [0.05, 0.1) is 5.69 Å². The Morgan fingerprint density at radius 1 is 1.29 bits per heavy atom. The van der Waals surface area contributed by atoms with Crippen LogP contribution in [0.5, 0.6) is 0 Å². The molecule has 0 aromatic heterocycles. The van der Waals surface area contributed by atoms with E-state index in [4.69, 9.17) is 0 Å². The van der Waals surface area contributed by atoms with Crippen LogP contribution in [0.1, 0.15) is 52.0 Å². The van der Waals surface area contributed by atoms with Crippen LogP contribution in [0.15, 0.2) is 12.1 Å². The first-order valence-corrected chi connectivity index (χ1v) is 7.92. The van der Waals surface area contributed by atoms with Crippen LogP contribution < -0.4 is 10.6 Å². The summed E-state index contributed by atoms with van der Waals surface area (Å²) in [7, 11) is 0. The topological polar surface area (TPSA) is 41.1 Å². The van der Waals surface area contributed by atoms with Gasteiger partial charge in [-0.05, 0) is 42.9 Å². The van der Waals surface area contributed by atoms with Gasteiger partial charge in [0.25, 0.3) is 0 Å². The van der Waals surface area contributed by atoms with E-state index in [1.54, 1.807) is 12.1 Å². The number of hydrogen-bond donors (Lipinski definition) is 2. The van der Waals surface area contributed by atoms with Gasteiger partial charge in [0, 0.05) is 18.2 Å². The second-order valence-corrected chi connectivity index (χ2v) is 6.04. The number of nitrogens with one attached hydrogen (secondary N) is 2. The minimum atomic E-state index is -0.229. The highest BCUT2D eigenvalue weighted by Gasteiger charge is 2.19. The van der Waals surface area contributed by atoms with Crippen molar-refractivity contribution < 1.29 is 9.18 Å². The molecule has 0 saturated carbocycles. The van der Waals surface area contributed by atoms with E-state index in [-0.39, 0.29) is 17.8 Å². The smallest absolute Gasteiger partial charge is 0.224 e. The van der Waals surface area contributed by atoms with Crippen molar-refractivity contribution in [2.45, 2.75) is 58.9 Å². The average Bonchev–Trinajstić information content (AvgIpc) is 2.47. The van der Waals surface area contributed by atoms with Crippen molar-refractivity contribution in [1.29, 1.82) is 0 Å². The number of benzene rings is 1. The van der Waals surface area contributed by atoms with Crippen LogP contribution >= 0.6 is 0 Å². The minimum Gasteiger partial charge on any atom is -0.380 e. The Morgan fingerprint density at radius 2 is 2.05 bits per heavy atom. The largest absolute Gasteiger partial charge is 0.380 e. The van der Waals surface area contributed by atoms with Gasteiger partial charge >= 0.3 is 0 Å². The predicted molar refractivity (Wildman–Crippen MR) is 85.1 cm³/mol. The highest BCUT2D eigenvalue weighted by molar-refractivity contribution is 5.94. The zero-order valence-electron chi connectivity index (χ0n) is 13.1. The summed E-state index contributed by atoms with van der Waals surface area (Å²) < 4.78 is 14.2. The van der Waals surface area contributed by atoms with Crippen LogP contribution in [0.2, 0.25) is 0 Å². The molecule has 116 valence electrons. The first kappa shape index (κ1) is 15.8. The fourth-order valence-corrected chi connectivity index (χ4v) is 2.71. The Morgan fingerprint density at radius 3 is 2.71 bits per heavy atom. The van der Waals surface area contributed by atoms with Crippen LogP contribution in [0.25, 0.3) is 0 Å². The highest BCUT2D eigenvalue weighted by atomic mass is 19.1. The van der Waals surface area contributed by atoms with Gasteiger partial charge in [-0.1, -0.05) is 27.2 Å². The van der Waals surface area contributed by atoms with Crippen LogP contribution in [0.3, 0.4) is 0 Å². The minimum absolute atomic E-state index is 0.00621. The number of anilines is 2. The summed E-state index contributed by atoms with van der Waals surface area (Å²) in [5, 5.41) is 6.13. The first-order chi connectivity index (χ1) is 10.0. The number of fused-ring (bicyclic) bond motifs is 1. The number of amides is 1. The Balaban J connectivity index is 2.15. The van der Waals surface area contributed by atoms with Crippen molar-refractivity contribution in [2.75, 3.05) is 10.6 Å². The zero-order valence-corrected chi connectivity index (χ0v) is 13.1. The van der Waals surface area contributed by atoms with Gasteiger partial charge in [-0.2, -0.15) is 0 Å². The van der Waals surface area contributed by atoms with E-state index in [2.05, 4.69) is 31.4 Å². The molecule has 0 spiro atoms. The third-order valence-electron chi connectivity index (χ3n) is 4.32. The van der Waals surface area contributed by atoms with E-state index in [1.807, 2.05) is 0 Å². The van der Waals surface area contributed by atoms with E-state index >= 15 is 0 Å². The lowest BCUT2D eigenvalue weighted by Gasteiger charge is -2.24. The van der Waals surface area contributed by atoms with Crippen LogP contribution in [0, 0.1) is 11.7 Å². The molecule has 4 heteroatoms. The molecular weight excluding hydrogens is 267 g/mol. The Bertz CT molecular complexity index is 516. The maximum Gasteiger partial charge on any atom is 0.224 e. The molecule has 1 amide bonds. The van der Waals surface area contributed by atoms with Gasteiger partial charge in [-0.15, -0.1) is 0 Å². The summed E-state index contributed by atoms with van der Waals surface area (Å²) in [6.07, 6.45) is 4.15. The van der Waals surface area contributed by atoms with Gasteiger partial charge in [-0.3, -0.25) is 4.79 Å². The molecule has 1 aromatic rings. The maximum absolute atomic E-state index is 14.2. The molecule has 0 aliphatic carbocycles. The zero-order chi connectivity index (χ0) is 15.4. The van der Waals surface area contributed by atoms with Gasteiger partial charge in [0.1, 0.15) is 5.82 Å². The van der Waals surface area contributed by atoms with Gasteiger partial charge < -0.3 is 10.6 Å². The van der Waals surface area contributed by atoms with Crippen LogP contribution in [0.4, 0.5) is 15.8 Å². The fraction of sp³-hybridized carbons (Fsp3) is 0.588. The lowest BCUT2D eigenvalue weighted by atomic mass is 9.97. The first-order valence-electron chi connectivity index (χ1n) is 7.92. The number of halogens is 1. The number of hydrogen-bond acceptors (Lipinski definition) is 2. The summed E-state index contributed by atoms with van der Waals surface area (Å²) in [6.45, 7) is 6.50. The molecule has 2 N–H and O–H groups in total. The molecule has 2 unspecified atom stereocenters. The summed E-state index contributed by atoms with van der Waals surface area (Å²) in [5.41, 5.74) is 2.12. The molecule has 1 aliphatic heterocycles. The number of aryl methyl sites for hydroxylation is 1.